The van der Waals surface area contributed by atoms with Crippen molar-refractivity contribution in [3.05, 3.63) is 82.5 Å². The summed E-state index contributed by atoms with van der Waals surface area (Å²) in [7, 11) is 1.53. The van der Waals surface area contributed by atoms with Gasteiger partial charge in [-0.2, -0.15) is 5.10 Å². The van der Waals surface area contributed by atoms with Crippen LogP contribution in [0.1, 0.15) is 59.6 Å². The Labute approximate surface area is 187 Å². The molecule has 1 atom stereocenters. The SMILES string of the molecule is COC(C(=O)N1Cc2[nH]nc(NC(=O)c3ccccc3C(C)(C)C)c2C1)c1ccccc1. The van der Waals surface area contributed by atoms with Crippen molar-refractivity contribution >= 4 is 17.6 Å². The Balaban J connectivity index is 1.51. The second-order valence-corrected chi connectivity index (χ2v) is 9.00. The third-order valence-corrected chi connectivity index (χ3v) is 5.74. The van der Waals surface area contributed by atoms with E-state index in [4.69, 9.17) is 4.74 Å². The molecule has 0 saturated heterocycles. The first kappa shape index (κ1) is 21.8. The van der Waals surface area contributed by atoms with Crippen molar-refractivity contribution in [3.8, 4) is 0 Å². The minimum absolute atomic E-state index is 0.126. The van der Waals surface area contributed by atoms with Gasteiger partial charge in [0.1, 0.15) is 0 Å². The average Bonchev–Trinajstić information content (AvgIpc) is 3.36. The highest BCUT2D eigenvalue weighted by Gasteiger charge is 2.33. The summed E-state index contributed by atoms with van der Waals surface area (Å²) in [5, 5.41) is 10.2. The molecule has 2 N–H and O–H groups in total. The van der Waals surface area contributed by atoms with Crippen LogP contribution in [0.4, 0.5) is 5.82 Å². The number of amides is 2. The Morgan fingerprint density at radius 3 is 2.44 bits per heavy atom. The second-order valence-electron chi connectivity index (χ2n) is 9.00. The van der Waals surface area contributed by atoms with E-state index in [0.29, 0.717) is 24.5 Å². The molecule has 4 rings (SSSR count). The van der Waals surface area contributed by atoms with E-state index in [9.17, 15) is 9.59 Å². The lowest BCUT2D eigenvalue weighted by molar-refractivity contribution is -0.143. The molecule has 0 saturated carbocycles. The third kappa shape index (κ3) is 4.16. The molecule has 1 unspecified atom stereocenters. The number of aromatic nitrogens is 2. The van der Waals surface area contributed by atoms with Gasteiger partial charge in [0.2, 0.25) is 0 Å². The maximum absolute atomic E-state index is 13.1. The van der Waals surface area contributed by atoms with Crippen LogP contribution in [-0.4, -0.2) is 34.0 Å². The highest BCUT2D eigenvalue weighted by molar-refractivity contribution is 6.05. The number of anilines is 1. The number of fused-ring (bicyclic) bond motifs is 1. The predicted octanol–water partition coefficient (Wildman–Crippen LogP) is 4.19. The van der Waals surface area contributed by atoms with Gasteiger partial charge in [0, 0.05) is 18.2 Å². The molecule has 1 aromatic heterocycles. The smallest absolute Gasteiger partial charge is 0.257 e. The summed E-state index contributed by atoms with van der Waals surface area (Å²) in [5.74, 6) is 0.116. The normalized spacial score (nSPS) is 14.2. The highest BCUT2D eigenvalue weighted by atomic mass is 16.5. The molecular weight excluding hydrogens is 404 g/mol. The molecule has 7 heteroatoms. The molecule has 3 aromatic rings. The summed E-state index contributed by atoms with van der Waals surface area (Å²) in [6.07, 6.45) is -0.676. The molecule has 7 nitrogen and oxygen atoms in total. The van der Waals surface area contributed by atoms with Gasteiger partial charge < -0.3 is 15.0 Å². The third-order valence-electron chi connectivity index (χ3n) is 5.74. The molecule has 1 aliphatic rings. The number of aromatic amines is 1. The zero-order valence-corrected chi connectivity index (χ0v) is 18.8. The van der Waals surface area contributed by atoms with E-state index in [1.54, 1.807) is 4.90 Å². The van der Waals surface area contributed by atoms with Gasteiger partial charge in [-0.3, -0.25) is 14.7 Å². The molecule has 166 valence electrons. The van der Waals surface area contributed by atoms with Gasteiger partial charge in [-0.25, -0.2) is 0 Å². The van der Waals surface area contributed by atoms with Crippen molar-refractivity contribution in [3.63, 3.8) is 0 Å². The number of nitrogens with one attached hydrogen (secondary N) is 2. The van der Waals surface area contributed by atoms with Crippen molar-refractivity contribution in [1.29, 1.82) is 0 Å². The van der Waals surface area contributed by atoms with Crippen LogP contribution in [0.3, 0.4) is 0 Å². The monoisotopic (exact) mass is 432 g/mol. The van der Waals surface area contributed by atoms with Crippen molar-refractivity contribution in [2.75, 3.05) is 12.4 Å². The first-order valence-electron chi connectivity index (χ1n) is 10.6. The van der Waals surface area contributed by atoms with E-state index in [-0.39, 0.29) is 17.2 Å². The lowest BCUT2D eigenvalue weighted by Gasteiger charge is -2.23. The molecule has 0 aliphatic carbocycles. The Hall–Kier alpha value is -3.45. The van der Waals surface area contributed by atoms with E-state index >= 15 is 0 Å². The zero-order valence-electron chi connectivity index (χ0n) is 18.8. The molecular formula is C25H28N4O3. The number of rotatable bonds is 5. The minimum Gasteiger partial charge on any atom is -0.367 e. The van der Waals surface area contributed by atoms with Crippen LogP contribution in [0.5, 0.6) is 0 Å². The van der Waals surface area contributed by atoms with E-state index in [1.807, 2.05) is 54.6 Å². The molecule has 32 heavy (non-hydrogen) atoms. The molecule has 2 amide bonds. The molecule has 0 radical (unpaired) electrons. The van der Waals surface area contributed by atoms with Gasteiger partial charge in [0.05, 0.1) is 18.8 Å². The number of hydrogen-bond acceptors (Lipinski definition) is 4. The first-order valence-corrected chi connectivity index (χ1v) is 10.6. The molecule has 1 aliphatic heterocycles. The molecule has 0 fully saturated rings. The van der Waals surface area contributed by atoms with Crippen LogP contribution in [0.15, 0.2) is 54.6 Å². The van der Waals surface area contributed by atoms with Crippen LogP contribution in [0.2, 0.25) is 0 Å². The van der Waals surface area contributed by atoms with E-state index in [0.717, 1.165) is 22.4 Å². The van der Waals surface area contributed by atoms with Gasteiger partial charge in [-0.1, -0.05) is 69.3 Å². The Kier molecular flexibility index (Phi) is 5.84. The number of carbonyl (C=O) groups excluding carboxylic acids is 2. The minimum atomic E-state index is -0.676. The number of hydrogen-bond donors (Lipinski definition) is 2. The number of nitrogens with zero attached hydrogens (tertiary/aromatic N) is 2. The van der Waals surface area contributed by atoms with Gasteiger partial charge in [0.25, 0.3) is 11.8 Å². The van der Waals surface area contributed by atoms with Crippen LogP contribution < -0.4 is 5.32 Å². The number of carbonyl (C=O) groups is 2. The van der Waals surface area contributed by atoms with Gasteiger partial charge in [-0.15, -0.1) is 0 Å². The Morgan fingerprint density at radius 2 is 1.75 bits per heavy atom. The summed E-state index contributed by atoms with van der Waals surface area (Å²) < 4.78 is 5.50. The van der Waals surface area contributed by atoms with E-state index < -0.39 is 6.10 Å². The van der Waals surface area contributed by atoms with Crippen molar-refractivity contribution in [2.45, 2.75) is 45.4 Å². The molecule has 0 bridgehead atoms. The van der Waals surface area contributed by atoms with Crippen LogP contribution in [-0.2, 0) is 28.0 Å². The Bertz CT molecular complexity index is 1130. The maximum Gasteiger partial charge on any atom is 0.257 e. The predicted molar refractivity (Wildman–Crippen MR) is 122 cm³/mol. The summed E-state index contributed by atoms with van der Waals surface area (Å²) >= 11 is 0. The quantitative estimate of drug-likeness (QED) is 0.633. The maximum atomic E-state index is 13.1. The zero-order chi connectivity index (χ0) is 22.9. The number of benzene rings is 2. The lowest BCUT2D eigenvalue weighted by atomic mass is 9.83. The van der Waals surface area contributed by atoms with Gasteiger partial charge in [0.15, 0.2) is 11.9 Å². The highest BCUT2D eigenvalue weighted by Crippen LogP contribution is 2.31. The van der Waals surface area contributed by atoms with Crippen molar-refractivity contribution in [1.82, 2.24) is 15.1 Å². The fraction of sp³-hybridized carbons (Fsp3) is 0.320. The van der Waals surface area contributed by atoms with Crippen LogP contribution in [0, 0.1) is 0 Å². The summed E-state index contributed by atoms with van der Waals surface area (Å²) in [6.45, 7) is 6.98. The number of methoxy groups -OCH3 is 1. The number of H-pyrrole nitrogens is 1. The van der Waals surface area contributed by atoms with Crippen molar-refractivity contribution < 1.29 is 14.3 Å². The lowest BCUT2D eigenvalue weighted by Crippen LogP contribution is -2.32. The topological polar surface area (TPSA) is 87.3 Å². The van der Waals surface area contributed by atoms with Crippen LogP contribution in [0.25, 0.3) is 0 Å². The molecule has 2 aromatic carbocycles. The molecule has 0 spiro atoms. The molecule has 2 heterocycles. The fourth-order valence-corrected chi connectivity index (χ4v) is 4.08. The summed E-state index contributed by atoms with van der Waals surface area (Å²) in [6, 6.07) is 17.0. The standard InChI is InChI=1S/C25H28N4O3/c1-25(2,3)19-13-9-8-12-17(19)23(30)26-22-18-14-29(15-20(18)27-28-22)24(31)21(32-4)16-10-6-5-7-11-16/h5-13,21H,14-15H2,1-4H3,(H2,26,27,28,30). The average molecular weight is 433 g/mol. The van der Waals surface area contributed by atoms with Gasteiger partial charge >= 0.3 is 0 Å². The van der Waals surface area contributed by atoms with E-state index in [1.165, 1.54) is 7.11 Å². The second kappa shape index (κ2) is 8.59. The first-order chi connectivity index (χ1) is 15.3. The summed E-state index contributed by atoms with van der Waals surface area (Å²) in [5.41, 5.74) is 3.86. The van der Waals surface area contributed by atoms with Crippen molar-refractivity contribution in [2.24, 2.45) is 0 Å². The number of ether oxygens (including phenoxy) is 1. The largest absolute Gasteiger partial charge is 0.367 e. The summed E-state index contributed by atoms with van der Waals surface area (Å²) in [4.78, 5) is 27.9. The van der Waals surface area contributed by atoms with E-state index in [2.05, 4.69) is 36.3 Å². The van der Waals surface area contributed by atoms with Gasteiger partial charge in [-0.05, 0) is 22.6 Å². The van der Waals surface area contributed by atoms with Crippen LogP contribution >= 0.6 is 0 Å². The fourth-order valence-electron chi connectivity index (χ4n) is 4.08. The Morgan fingerprint density at radius 1 is 1.06 bits per heavy atom.